The summed E-state index contributed by atoms with van der Waals surface area (Å²) in [6.07, 6.45) is 2.74. The lowest BCUT2D eigenvalue weighted by molar-refractivity contribution is 0.109. The third kappa shape index (κ3) is 3.96. The molecule has 0 radical (unpaired) electrons. The van der Waals surface area contributed by atoms with E-state index in [-0.39, 0.29) is 11.6 Å². The largest absolute Gasteiger partial charge is 0.376 e. The van der Waals surface area contributed by atoms with E-state index in [9.17, 15) is 4.79 Å². The maximum atomic E-state index is 11.6. The average Bonchev–Trinajstić information content (AvgIpc) is 2.70. The number of hydrogen-bond donors (Lipinski definition) is 2. The van der Waals surface area contributed by atoms with Crippen LogP contribution >= 0.6 is 0 Å². The van der Waals surface area contributed by atoms with Crippen LogP contribution in [-0.4, -0.2) is 34.5 Å². The first-order chi connectivity index (χ1) is 8.96. The summed E-state index contributed by atoms with van der Waals surface area (Å²) >= 11 is 0. The summed E-state index contributed by atoms with van der Waals surface area (Å²) in [6.45, 7) is 8.51. The highest BCUT2D eigenvalue weighted by Crippen LogP contribution is 2.15. The van der Waals surface area contributed by atoms with Crippen LogP contribution in [0.5, 0.6) is 0 Å². The number of rotatable bonds is 3. The van der Waals surface area contributed by atoms with Gasteiger partial charge < -0.3 is 15.4 Å². The zero-order chi connectivity index (χ0) is 13.9. The van der Waals surface area contributed by atoms with Crippen molar-refractivity contribution in [2.45, 2.75) is 45.9 Å². The van der Waals surface area contributed by atoms with Gasteiger partial charge in [0.1, 0.15) is 0 Å². The van der Waals surface area contributed by atoms with Crippen molar-refractivity contribution in [2.75, 3.05) is 13.2 Å². The number of hydrogen-bond acceptors (Lipinski definition) is 3. The van der Waals surface area contributed by atoms with E-state index in [1.54, 1.807) is 0 Å². The Hall–Kier alpha value is -1.56. The molecule has 0 saturated heterocycles. The molecule has 6 nitrogen and oxygen atoms in total. The van der Waals surface area contributed by atoms with Crippen LogP contribution in [0.15, 0.2) is 6.20 Å². The first-order valence-corrected chi connectivity index (χ1v) is 6.63. The van der Waals surface area contributed by atoms with Crippen LogP contribution in [0.25, 0.3) is 0 Å². The second-order valence-electron chi connectivity index (χ2n) is 5.77. The van der Waals surface area contributed by atoms with E-state index in [1.165, 1.54) is 5.69 Å². The van der Waals surface area contributed by atoms with Gasteiger partial charge in [0.15, 0.2) is 0 Å². The number of urea groups is 1. The van der Waals surface area contributed by atoms with Crippen molar-refractivity contribution in [3.8, 4) is 0 Å². The third-order valence-electron chi connectivity index (χ3n) is 2.87. The molecule has 2 N–H and O–H groups in total. The molecular formula is C13H22N4O2. The highest BCUT2D eigenvalue weighted by molar-refractivity contribution is 5.74. The predicted octanol–water partition coefficient (Wildman–Crippen LogP) is 1.05. The Morgan fingerprint density at radius 3 is 3.05 bits per heavy atom. The average molecular weight is 266 g/mol. The van der Waals surface area contributed by atoms with Crippen molar-refractivity contribution in [1.82, 2.24) is 20.4 Å². The van der Waals surface area contributed by atoms with Gasteiger partial charge in [-0.1, -0.05) is 0 Å². The van der Waals surface area contributed by atoms with Gasteiger partial charge in [0, 0.05) is 29.8 Å². The molecule has 0 bridgehead atoms. The van der Waals surface area contributed by atoms with Crippen molar-refractivity contribution in [3.05, 3.63) is 17.5 Å². The SMILES string of the molecule is CC(C)(C)NC(=O)NCCn1ncc2c1CCOC2. The zero-order valence-corrected chi connectivity index (χ0v) is 11.8. The van der Waals surface area contributed by atoms with Crippen molar-refractivity contribution in [1.29, 1.82) is 0 Å². The number of nitrogens with one attached hydrogen (secondary N) is 2. The van der Waals surface area contributed by atoms with E-state index in [4.69, 9.17) is 4.74 Å². The fourth-order valence-electron chi connectivity index (χ4n) is 2.06. The van der Waals surface area contributed by atoms with Gasteiger partial charge in [-0.15, -0.1) is 0 Å². The number of fused-ring (bicyclic) bond motifs is 1. The van der Waals surface area contributed by atoms with Crippen LogP contribution in [0.3, 0.4) is 0 Å². The lowest BCUT2D eigenvalue weighted by atomic mass is 10.1. The summed E-state index contributed by atoms with van der Waals surface area (Å²) in [7, 11) is 0. The van der Waals surface area contributed by atoms with E-state index in [0.29, 0.717) is 19.7 Å². The fourth-order valence-corrected chi connectivity index (χ4v) is 2.06. The minimum atomic E-state index is -0.216. The second kappa shape index (κ2) is 5.61. The Bertz CT molecular complexity index is 448. The Morgan fingerprint density at radius 1 is 1.53 bits per heavy atom. The molecular weight excluding hydrogens is 244 g/mol. The highest BCUT2D eigenvalue weighted by atomic mass is 16.5. The van der Waals surface area contributed by atoms with Gasteiger partial charge in [-0.25, -0.2) is 4.79 Å². The number of carbonyl (C=O) groups is 1. The smallest absolute Gasteiger partial charge is 0.315 e. The summed E-state index contributed by atoms with van der Waals surface area (Å²) in [5.74, 6) is 0. The van der Waals surface area contributed by atoms with E-state index < -0.39 is 0 Å². The molecule has 1 aliphatic heterocycles. The summed E-state index contributed by atoms with van der Waals surface area (Å²) in [6, 6.07) is -0.142. The fraction of sp³-hybridized carbons (Fsp3) is 0.692. The Labute approximate surface area is 113 Å². The quantitative estimate of drug-likeness (QED) is 0.859. The Morgan fingerprint density at radius 2 is 2.32 bits per heavy atom. The van der Waals surface area contributed by atoms with Crippen LogP contribution in [0.1, 0.15) is 32.0 Å². The molecule has 2 heterocycles. The minimum Gasteiger partial charge on any atom is -0.376 e. The molecule has 2 rings (SSSR count). The molecule has 19 heavy (non-hydrogen) atoms. The number of nitrogens with zero attached hydrogens (tertiary/aromatic N) is 2. The van der Waals surface area contributed by atoms with Crippen LogP contribution in [-0.2, 0) is 24.3 Å². The number of amides is 2. The van der Waals surface area contributed by atoms with Crippen molar-refractivity contribution in [3.63, 3.8) is 0 Å². The monoisotopic (exact) mass is 266 g/mol. The lowest BCUT2D eigenvalue weighted by Crippen LogP contribution is -2.47. The van der Waals surface area contributed by atoms with Crippen LogP contribution < -0.4 is 10.6 Å². The first kappa shape index (κ1) is 13.9. The summed E-state index contributed by atoms with van der Waals surface area (Å²) in [4.78, 5) is 11.6. The second-order valence-corrected chi connectivity index (χ2v) is 5.77. The maximum Gasteiger partial charge on any atom is 0.315 e. The predicted molar refractivity (Wildman–Crippen MR) is 71.9 cm³/mol. The van der Waals surface area contributed by atoms with Gasteiger partial charge >= 0.3 is 6.03 Å². The van der Waals surface area contributed by atoms with Crippen molar-refractivity contribution >= 4 is 6.03 Å². The highest BCUT2D eigenvalue weighted by Gasteiger charge is 2.16. The standard InChI is InChI=1S/C13H22N4O2/c1-13(2,3)16-12(18)14-5-6-17-11-4-7-19-9-10(11)8-15-17/h8H,4-7,9H2,1-3H3,(H2,14,16,18). The van der Waals surface area contributed by atoms with E-state index in [0.717, 1.165) is 18.6 Å². The molecule has 1 aromatic heterocycles. The van der Waals surface area contributed by atoms with Gasteiger partial charge in [-0.05, 0) is 20.8 Å². The van der Waals surface area contributed by atoms with Gasteiger partial charge in [-0.2, -0.15) is 5.10 Å². The van der Waals surface area contributed by atoms with Crippen molar-refractivity contribution in [2.24, 2.45) is 0 Å². The van der Waals surface area contributed by atoms with Crippen LogP contribution in [0, 0.1) is 0 Å². The summed E-state index contributed by atoms with van der Waals surface area (Å²) in [5.41, 5.74) is 2.17. The molecule has 0 unspecified atom stereocenters. The number of carbonyl (C=O) groups excluding carboxylic acids is 1. The van der Waals surface area contributed by atoms with Gasteiger partial charge in [-0.3, -0.25) is 4.68 Å². The topological polar surface area (TPSA) is 68.2 Å². The first-order valence-electron chi connectivity index (χ1n) is 6.63. The molecule has 2 amide bonds. The molecule has 106 valence electrons. The maximum absolute atomic E-state index is 11.6. The molecule has 0 spiro atoms. The molecule has 0 atom stereocenters. The van der Waals surface area contributed by atoms with Crippen molar-refractivity contribution < 1.29 is 9.53 Å². The lowest BCUT2D eigenvalue weighted by Gasteiger charge is -2.21. The number of ether oxygens (including phenoxy) is 1. The summed E-state index contributed by atoms with van der Waals surface area (Å²) in [5, 5.41) is 10.0. The molecule has 0 aliphatic carbocycles. The Kier molecular flexibility index (Phi) is 4.09. The number of aromatic nitrogens is 2. The van der Waals surface area contributed by atoms with E-state index in [2.05, 4.69) is 15.7 Å². The minimum absolute atomic E-state index is 0.142. The van der Waals surface area contributed by atoms with Crippen LogP contribution in [0.2, 0.25) is 0 Å². The molecule has 0 fully saturated rings. The molecule has 6 heteroatoms. The molecule has 0 aromatic carbocycles. The van der Waals surface area contributed by atoms with Gasteiger partial charge in [0.2, 0.25) is 0 Å². The third-order valence-corrected chi connectivity index (χ3v) is 2.87. The molecule has 1 aromatic rings. The summed E-state index contributed by atoms with van der Waals surface area (Å²) < 4.78 is 7.33. The van der Waals surface area contributed by atoms with Gasteiger partial charge in [0.25, 0.3) is 0 Å². The Balaban J connectivity index is 1.80. The molecule has 0 saturated carbocycles. The normalized spacial score (nSPS) is 14.9. The molecule has 1 aliphatic rings. The van der Waals surface area contributed by atoms with Crippen LogP contribution in [0.4, 0.5) is 4.79 Å². The van der Waals surface area contributed by atoms with E-state index >= 15 is 0 Å². The zero-order valence-electron chi connectivity index (χ0n) is 11.8. The van der Waals surface area contributed by atoms with Gasteiger partial charge in [0.05, 0.1) is 26.0 Å². The van der Waals surface area contributed by atoms with E-state index in [1.807, 2.05) is 31.6 Å².